The molecule has 5 aromatic rings. The molecule has 2 aromatic heterocycles. The zero-order valence-corrected chi connectivity index (χ0v) is 39.9. The molecule has 1 saturated carbocycles. The lowest BCUT2D eigenvalue weighted by Gasteiger charge is -2.41. The van der Waals surface area contributed by atoms with E-state index in [1.54, 1.807) is 29.3 Å². The molecule has 0 bridgehead atoms. The highest BCUT2D eigenvalue weighted by Gasteiger charge is 2.49. The van der Waals surface area contributed by atoms with Crippen molar-refractivity contribution >= 4 is 78.6 Å². The van der Waals surface area contributed by atoms with Gasteiger partial charge in [0.1, 0.15) is 22.8 Å². The number of ketones is 2. The third-order valence-corrected chi connectivity index (χ3v) is 15.7. The molecule has 5 aliphatic rings. The van der Waals surface area contributed by atoms with Crippen LogP contribution in [0.25, 0.3) is 11.0 Å². The summed E-state index contributed by atoms with van der Waals surface area (Å²) in [4.78, 5) is 67.2. The quantitative estimate of drug-likeness (QED) is 0.0632. The van der Waals surface area contributed by atoms with Crippen molar-refractivity contribution in [2.75, 3.05) is 74.2 Å². The van der Waals surface area contributed by atoms with E-state index in [1.165, 1.54) is 23.3 Å². The predicted molar refractivity (Wildman–Crippen MR) is 261 cm³/mol. The molecular formula is C50H53ClN8O9S. The number of allylic oxidation sites excluding steroid dienone is 1. The smallest absolute Gasteiger partial charge is 0.293 e. The first kappa shape index (κ1) is 46.5. The van der Waals surface area contributed by atoms with Crippen LogP contribution in [0.3, 0.4) is 0 Å². The molecule has 3 N–H and O–H groups in total. The number of carbonyl (C=O) groups is 3. The Morgan fingerprint density at radius 1 is 0.986 bits per heavy atom. The molecule has 3 aliphatic heterocycles. The summed E-state index contributed by atoms with van der Waals surface area (Å²) in [5.74, 6) is -1.87. The Hall–Kier alpha value is -6.18. The predicted octanol–water partition coefficient (Wildman–Crippen LogP) is 7.40. The van der Waals surface area contributed by atoms with Crippen LogP contribution in [-0.4, -0.2) is 117 Å². The fourth-order valence-electron chi connectivity index (χ4n) is 10.5. The van der Waals surface area contributed by atoms with Crippen molar-refractivity contribution in [1.29, 1.82) is 0 Å². The fraction of sp³-hybridized carbons (Fsp3) is 0.400. The summed E-state index contributed by atoms with van der Waals surface area (Å²) in [6, 6.07) is 19.7. The maximum atomic E-state index is 14.8. The number of nitrogens with zero attached hydrogens (tertiary/aromatic N) is 5. The normalized spacial score (nSPS) is 22.8. The van der Waals surface area contributed by atoms with Gasteiger partial charge in [0.2, 0.25) is 0 Å². The van der Waals surface area contributed by atoms with Crippen LogP contribution in [0.4, 0.5) is 28.4 Å². The number of benzene rings is 3. The molecule has 2 saturated heterocycles. The molecule has 17 nitrogen and oxygen atoms in total. The molecule has 1 amide bonds. The molecule has 1 unspecified atom stereocenters. The number of Topliss-reactive ketones (excluding diaryl/α,β-unsaturated/α-hetero) is 2. The summed E-state index contributed by atoms with van der Waals surface area (Å²) in [6.45, 7) is 9.40. The number of aromatic nitrogens is 2. The number of nitro groups is 1. The second-order valence-corrected chi connectivity index (χ2v) is 21.5. The molecule has 10 rings (SSSR count). The van der Waals surface area contributed by atoms with Crippen molar-refractivity contribution < 1.29 is 37.2 Å². The average molecular weight is 978 g/mol. The first-order valence-corrected chi connectivity index (χ1v) is 25.1. The number of H-pyrrole nitrogens is 1. The number of pyridine rings is 1. The van der Waals surface area contributed by atoms with Crippen LogP contribution in [0.15, 0.2) is 95.5 Å². The van der Waals surface area contributed by atoms with Crippen molar-refractivity contribution in [1.82, 2.24) is 19.6 Å². The standard InChI is InChI=1S/C50H53ClN8O9S/c1-50(2)13-11-32(40(26-50)30-3-5-33(51)6-4-30)28-56-15-17-57(18-16-56)34-7-10-42(58-43-24-35(60)23-38(43)47(61)46-45(58)21-31-12-14-52-48(31)54-46)39(22-34)49(62)55-69(65,66)37-8-9-41(44(25-37)59(63)64)53-27-36-29-67-19-20-68-36/h3-12,14,21-22,25,36,38,40,43,53H,13,15-20,23-24,26-29H2,1-2H3,(H,52,54)(H,55,62)/t36-,38-,40?,43-/m0/s1. The Kier molecular flexibility index (Phi) is 12.6. The summed E-state index contributed by atoms with van der Waals surface area (Å²) < 4.78 is 41.6. The van der Waals surface area contributed by atoms with Crippen LogP contribution in [0.1, 0.15) is 71.9 Å². The van der Waals surface area contributed by atoms with Crippen LogP contribution >= 0.6 is 11.6 Å². The van der Waals surface area contributed by atoms with Crippen molar-refractivity contribution in [2.24, 2.45) is 11.3 Å². The summed E-state index contributed by atoms with van der Waals surface area (Å²) >= 11 is 6.27. The number of hydrogen-bond donors (Lipinski definition) is 3. The van der Waals surface area contributed by atoms with E-state index < -0.39 is 43.4 Å². The van der Waals surface area contributed by atoms with E-state index in [9.17, 15) is 32.9 Å². The highest BCUT2D eigenvalue weighted by Crippen LogP contribution is 2.47. The first-order valence-electron chi connectivity index (χ1n) is 23.3. The minimum absolute atomic E-state index is 0.00234. The van der Waals surface area contributed by atoms with Crippen molar-refractivity contribution in [3.05, 3.63) is 123 Å². The van der Waals surface area contributed by atoms with Gasteiger partial charge in [0, 0.05) is 86.4 Å². The van der Waals surface area contributed by atoms with E-state index in [4.69, 9.17) is 21.1 Å². The van der Waals surface area contributed by atoms with E-state index in [0.29, 0.717) is 60.3 Å². The molecule has 19 heteroatoms. The summed E-state index contributed by atoms with van der Waals surface area (Å²) in [5, 5.41) is 16.7. The van der Waals surface area contributed by atoms with Crippen LogP contribution in [-0.2, 0) is 24.3 Å². The average Bonchev–Trinajstić information content (AvgIpc) is 3.97. The van der Waals surface area contributed by atoms with Gasteiger partial charge in [-0.1, -0.05) is 49.2 Å². The number of halogens is 1. The van der Waals surface area contributed by atoms with Crippen molar-refractivity contribution in [2.45, 2.75) is 62.5 Å². The number of fused-ring (bicyclic) bond motifs is 3. The molecule has 3 fully saturated rings. The van der Waals surface area contributed by atoms with E-state index in [2.05, 4.69) is 61.9 Å². The second-order valence-electron chi connectivity index (χ2n) is 19.4. The monoisotopic (exact) mass is 976 g/mol. The molecule has 0 radical (unpaired) electrons. The maximum Gasteiger partial charge on any atom is 0.293 e. The minimum atomic E-state index is -4.73. The van der Waals surface area contributed by atoms with Gasteiger partial charge in [-0.05, 0) is 78.4 Å². The SMILES string of the molecule is CC1(C)CC=C(CN2CCN(c3ccc(N4c5cc6cc[nH]c6nc5C(=O)[C@H]5CC(=O)C[C@@H]54)c(C(=O)NS(=O)(=O)c4ccc(NC[C@H]5COCCO5)c([N+](=O)[O-])c4)c3)CC2)C(c2ccc(Cl)cc2)C1. The zero-order chi connectivity index (χ0) is 48.2. The number of amides is 1. The number of anilines is 4. The van der Waals surface area contributed by atoms with Gasteiger partial charge in [-0.2, -0.15) is 0 Å². The number of nitrogens with one attached hydrogen (secondary N) is 3. The summed E-state index contributed by atoms with van der Waals surface area (Å²) in [5.41, 5.74) is 4.27. The summed E-state index contributed by atoms with van der Waals surface area (Å²) in [7, 11) is -4.73. The Labute approximate surface area is 404 Å². The van der Waals surface area contributed by atoms with Crippen LogP contribution in [0.2, 0.25) is 5.02 Å². The lowest BCUT2D eigenvalue weighted by atomic mass is 9.70. The van der Waals surface area contributed by atoms with E-state index in [1.807, 2.05) is 24.3 Å². The Bertz CT molecular complexity index is 3000. The topological polar surface area (TPSA) is 209 Å². The second kappa shape index (κ2) is 18.6. The Morgan fingerprint density at radius 3 is 2.54 bits per heavy atom. The molecule has 360 valence electrons. The fourth-order valence-corrected chi connectivity index (χ4v) is 11.6. The van der Waals surface area contributed by atoms with Crippen LogP contribution in [0, 0.1) is 21.4 Å². The number of aromatic amines is 1. The van der Waals surface area contributed by atoms with Crippen molar-refractivity contribution in [3.63, 3.8) is 0 Å². The molecular weight excluding hydrogens is 924 g/mol. The number of carbonyl (C=O) groups excluding carboxylic acids is 3. The highest BCUT2D eigenvalue weighted by molar-refractivity contribution is 7.90. The third-order valence-electron chi connectivity index (χ3n) is 14.2. The molecule has 5 heterocycles. The van der Waals surface area contributed by atoms with Gasteiger partial charge >= 0.3 is 0 Å². The first-order chi connectivity index (χ1) is 33.1. The van der Waals surface area contributed by atoms with Gasteiger partial charge in [-0.15, -0.1) is 0 Å². The largest absolute Gasteiger partial charge is 0.377 e. The maximum absolute atomic E-state index is 14.8. The number of sulfonamides is 1. The number of nitro benzene ring substituents is 1. The molecule has 4 atom stereocenters. The van der Waals surface area contributed by atoms with Gasteiger partial charge in [0.25, 0.3) is 21.6 Å². The summed E-state index contributed by atoms with van der Waals surface area (Å²) in [6.07, 6.45) is 5.79. The Morgan fingerprint density at radius 2 is 1.78 bits per heavy atom. The third kappa shape index (κ3) is 9.47. The van der Waals surface area contributed by atoms with Crippen LogP contribution < -0.4 is 19.8 Å². The van der Waals surface area contributed by atoms with Gasteiger partial charge in [-0.3, -0.25) is 29.4 Å². The lowest BCUT2D eigenvalue weighted by molar-refractivity contribution is -0.384. The number of hydrogen-bond acceptors (Lipinski definition) is 14. The zero-order valence-electron chi connectivity index (χ0n) is 38.3. The number of piperazine rings is 1. The highest BCUT2D eigenvalue weighted by atomic mass is 35.5. The van der Waals surface area contributed by atoms with Gasteiger partial charge < -0.3 is 29.6 Å². The van der Waals surface area contributed by atoms with E-state index >= 15 is 0 Å². The number of rotatable bonds is 12. The van der Waals surface area contributed by atoms with Gasteiger partial charge in [-0.25, -0.2) is 18.1 Å². The van der Waals surface area contributed by atoms with E-state index in [-0.39, 0.29) is 71.0 Å². The molecule has 2 aliphatic carbocycles. The minimum Gasteiger partial charge on any atom is -0.377 e. The van der Waals surface area contributed by atoms with Gasteiger partial charge in [0.15, 0.2) is 5.78 Å². The van der Waals surface area contributed by atoms with Gasteiger partial charge in [0.05, 0.1) is 64.6 Å². The van der Waals surface area contributed by atoms with E-state index in [0.717, 1.165) is 38.5 Å². The molecule has 3 aromatic carbocycles. The Balaban J connectivity index is 0.961. The lowest BCUT2D eigenvalue weighted by Crippen LogP contribution is -2.47. The van der Waals surface area contributed by atoms with Crippen molar-refractivity contribution in [3.8, 4) is 0 Å². The number of ether oxygens (including phenoxy) is 2. The molecule has 0 spiro atoms. The molecule has 69 heavy (non-hydrogen) atoms. The van der Waals surface area contributed by atoms with Crippen LogP contribution in [0.5, 0.6) is 0 Å².